The minimum Gasteiger partial charge on any atom is -0.497 e. The maximum atomic E-state index is 12.4. The maximum absolute atomic E-state index is 12.4. The van der Waals surface area contributed by atoms with Gasteiger partial charge in [-0.05, 0) is 30.7 Å². The highest BCUT2D eigenvalue weighted by atomic mass is 32.1. The first-order valence-corrected chi connectivity index (χ1v) is 7.85. The summed E-state index contributed by atoms with van der Waals surface area (Å²) in [4.78, 5) is 13.4. The SMILES string of the molecule is CNC(=O)c1c(-c2ccc(C)cc2)sc2ccc(OC)cc12. The average molecular weight is 311 g/mol. The summed E-state index contributed by atoms with van der Waals surface area (Å²) in [6.45, 7) is 2.05. The fourth-order valence-electron chi connectivity index (χ4n) is 2.46. The topological polar surface area (TPSA) is 38.3 Å². The second-order valence-electron chi connectivity index (χ2n) is 5.11. The Morgan fingerprint density at radius 3 is 2.50 bits per heavy atom. The molecule has 1 heterocycles. The Hall–Kier alpha value is -2.33. The Balaban J connectivity index is 2.28. The van der Waals surface area contributed by atoms with Crippen LogP contribution in [-0.4, -0.2) is 20.1 Å². The summed E-state index contributed by atoms with van der Waals surface area (Å²) >= 11 is 1.63. The summed E-state index contributed by atoms with van der Waals surface area (Å²) in [5.41, 5.74) is 2.97. The molecule has 0 aliphatic heterocycles. The number of benzene rings is 2. The Morgan fingerprint density at radius 1 is 1.14 bits per heavy atom. The molecule has 3 aromatic rings. The molecule has 3 rings (SSSR count). The van der Waals surface area contributed by atoms with Crippen molar-refractivity contribution in [3.8, 4) is 16.2 Å². The first-order valence-electron chi connectivity index (χ1n) is 7.03. The highest BCUT2D eigenvalue weighted by molar-refractivity contribution is 7.22. The lowest BCUT2D eigenvalue weighted by Gasteiger charge is -2.05. The zero-order valence-electron chi connectivity index (χ0n) is 12.8. The number of rotatable bonds is 3. The van der Waals surface area contributed by atoms with Gasteiger partial charge in [-0.2, -0.15) is 0 Å². The van der Waals surface area contributed by atoms with Crippen LogP contribution in [0.25, 0.3) is 20.5 Å². The van der Waals surface area contributed by atoms with E-state index in [-0.39, 0.29) is 5.91 Å². The molecule has 0 unspecified atom stereocenters. The van der Waals surface area contributed by atoms with Crippen LogP contribution >= 0.6 is 11.3 Å². The maximum Gasteiger partial charge on any atom is 0.253 e. The van der Waals surface area contributed by atoms with E-state index < -0.39 is 0 Å². The number of methoxy groups -OCH3 is 1. The van der Waals surface area contributed by atoms with Gasteiger partial charge in [-0.15, -0.1) is 11.3 Å². The molecule has 0 aliphatic rings. The fourth-order valence-corrected chi connectivity index (χ4v) is 3.65. The van der Waals surface area contributed by atoms with E-state index in [0.717, 1.165) is 26.3 Å². The standard InChI is InChI=1S/C18H17NO2S/c1-11-4-6-12(7-5-11)17-16(18(20)19-2)14-10-13(21-3)8-9-15(14)22-17/h4-10H,1-3H3,(H,19,20). The highest BCUT2D eigenvalue weighted by Crippen LogP contribution is 2.40. The summed E-state index contributed by atoms with van der Waals surface area (Å²) < 4.78 is 6.37. The summed E-state index contributed by atoms with van der Waals surface area (Å²) in [5.74, 6) is 0.681. The molecule has 0 atom stereocenters. The second-order valence-corrected chi connectivity index (χ2v) is 6.17. The van der Waals surface area contributed by atoms with Crippen molar-refractivity contribution >= 4 is 27.3 Å². The molecule has 112 valence electrons. The molecule has 0 saturated carbocycles. The molecule has 0 aliphatic carbocycles. The van der Waals surface area contributed by atoms with Gasteiger partial charge in [0.1, 0.15) is 5.75 Å². The molecule has 0 bridgehead atoms. The highest BCUT2D eigenvalue weighted by Gasteiger charge is 2.19. The fraction of sp³-hybridized carbons (Fsp3) is 0.167. The molecule has 0 radical (unpaired) electrons. The molecule has 1 N–H and O–H groups in total. The van der Waals surface area contributed by atoms with Crippen molar-refractivity contribution < 1.29 is 9.53 Å². The number of amides is 1. The van der Waals surface area contributed by atoms with Gasteiger partial charge >= 0.3 is 0 Å². The van der Waals surface area contributed by atoms with Crippen LogP contribution in [0.2, 0.25) is 0 Å². The number of hydrogen-bond acceptors (Lipinski definition) is 3. The number of nitrogens with one attached hydrogen (secondary N) is 1. The van der Waals surface area contributed by atoms with Crippen LogP contribution in [0, 0.1) is 6.92 Å². The van der Waals surface area contributed by atoms with Gasteiger partial charge in [0.25, 0.3) is 5.91 Å². The zero-order chi connectivity index (χ0) is 15.7. The van der Waals surface area contributed by atoms with Crippen LogP contribution in [0.3, 0.4) is 0 Å². The lowest BCUT2D eigenvalue weighted by atomic mass is 10.0. The molecule has 4 heteroatoms. The van der Waals surface area contributed by atoms with Crippen LogP contribution < -0.4 is 10.1 Å². The summed E-state index contributed by atoms with van der Waals surface area (Å²) in [7, 11) is 3.29. The quantitative estimate of drug-likeness (QED) is 0.785. The molecule has 0 fully saturated rings. The lowest BCUT2D eigenvalue weighted by Crippen LogP contribution is -2.18. The third kappa shape index (κ3) is 2.46. The van der Waals surface area contributed by atoms with Crippen molar-refractivity contribution in [2.45, 2.75) is 6.92 Å². The molecule has 0 spiro atoms. The zero-order valence-corrected chi connectivity index (χ0v) is 13.6. The number of ether oxygens (including phenoxy) is 1. The predicted molar refractivity (Wildman–Crippen MR) is 91.9 cm³/mol. The summed E-state index contributed by atoms with van der Waals surface area (Å²) in [5, 5.41) is 3.68. The molecule has 3 nitrogen and oxygen atoms in total. The monoisotopic (exact) mass is 311 g/mol. The van der Waals surface area contributed by atoms with E-state index in [1.165, 1.54) is 5.56 Å². The Morgan fingerprint density at radius 2 is 1.86 bits per heavy atom. The molecule has 1 aromatic heterocycles. The van der Waals surface area contributed by atoms with Gasteiger partial charge < -0.3 is 10.1 Å². The first-order chi connectivity index (χ1) is 10.6. The van der Waals surface area contributed by atoms with Gasteiger partial charge in [-0.1, -0.05) is 29.8 Å². The third-order valence-electron chi connectivity index (χ3n) is 3.66. The normalized spacial score (nSPS) is 10.7. The van der Waals surface area contributed by atoms with E-state index in [9.17, 15) is 4.79 Å². The minimum atomic E-state index is -0.0740. The van der Waals surface area contributed by atoms with Crippen molar-refractivity contribution in [2.24, 2.45) is 0 Å². The molecular weight excluding hydrogens is 294 g/mol. The van der Waals surface area contributed by atoms with Gasteiger partial charge in [-0.3, -0.25) is 4.79 Å². The number of carbonyl (C=O) groups excluding carboxylic acids is 1. The van der Waals surface area contributed by atoms with Crippen LogP contribution in [0.4, 0.5) is 0 Å². The second kappa shape index (κ2) is 5.81. The predicted octanol–water partition coefficient (Wildman–Crippen LogP) is 4.24. The van der Waals surface area contributed by atoms with E-state index in [2.05, 4.69) is 36.5 Å². The summed E-state index contributed by atoms with van der Waals surface area (Å²) in [6.07, 6.45) is 0. The van der Waals surface area contributed by atoms with Crippen molar-refractivity contribution in [1.29, 1.82) is 0 Å². The van der Waals surface area contributed by atoms with Crippen LogP contribution in [0.1, 0.15) is 15.9 Å². The van der Waals surface area contributed by atoms with Gasteiger partial charge in [0.2, 0.25) is 0 Å². The molecular formula is C18H17NO2S. The van der Waals surface area contributed by atoms with Crippen molar-refractivity contribution in [3.63, 3.8) is 0 Å². The van der Waals surface area contributed by atoms with Crippen LogP contribution in [-0.2, 0) is 0 Å². The largest absolute Gasteiger partial charge is 0.497 e. The van der Waals surface area contributed by atoms with E-state index in [1.807, 2.05) is 18.2 Å². The van der Waals surface area contributed by atoms with Gasteiger partial charge in [-0.25, -0.2) is 0 Å². The molecule has 1 amide bonds. The Kier molecular flexibility index (Phi) is 3.86. The summed E-state index contributed by atoms with van der Waals surface area (Å²) in [6, 6.07) is 14.1. The number of aryl methyl sites for hydroxylation is 1. The lowest BCUT2D eigenvalue weighted by molar-refractivity contribution is 0.0965. The van der Waals surface area contributed by atoms with Crippen molar-refractivity contribution in [1.82, 2.24) is 5.32 Å². The van der Waals surface area contributed by atoms with Crippen molar-refractivity contribution in [3.05, 3.63) is 53.6 Å². The van der Waals surface area contributed by atoms with Crippen molar-refractivity contribution in [2.75, 3.05) is 14.2 Å². The van der Waals surface area contributed by atoms with Gasteiger partial charge in [0, 0.05) is 22.0 Å². The van der Waals surface area contributed by atoms with E-state index >= 15 is 0 Å². The number of carbonyl (C=O) groups is 1. The average Bonchev–Trinajstić information content (AvgIpc) is 2.93. The first kappa shape index (κ1) is 14.6. The van der Waals surface area contributed by atoms with Crippen LogP contribution in [0.5, 0.6) is 5.75 Å². The van der Waals surface area contributed by atoms with Gasteiger partial charge in [0.05, 0.1) is 12.7 Å². The van der Waals surface area contributed by atoms with E-state index in [1.54, 1.807) is 25.5 Å². The number of fused-ring (bicyclic) bond motifs is 1. The Labute approximate surface area is 133 Å². The smallest absolute Gasteiger partial charge is 0.253 e. The Bertz CT molecular complexity index is 834. The molecule has 0 saturated heterocycles. The number of thiophene rings is 1. The molecule has 2 aromatic carbocycles. The third-order valence-corrected chi connectivity index (χ3v) is 4.88. The van der Waals surface area contributed by atoms with Crippen LogP contribution in [0.15, 0.2) is 42.5 Å². The van der Waals surface area contributed by atoms with E-state index in [4.69, 9.17) is 4.74 Å². The van der Waals surface area contributed by atoms with E-state index in [0.29, 0.717) is 5.56 Å². The van der Waals surface area contributed by atoms with Gasteiger partial charge in [0.15, 0.2) is 0 Å². The molecule has 22 heavy (non-hydrogen) atoms. The number of hydrogen-bond donors (Lipinski definition) is 1. The minimum absolute atomic E-state index is 0.0740.